The number of benzene rings is 4. The summed E-state index contributed by atoms with van der Waals surface area (Å²) in [6, 6.07) is 24.7. The number of alkyl halides is 18. The highest BCUT2D eigenvalue weighted by molar-refractivity contribution is 5.91. The number of nitrogens with one attached hydrogen (secondary N) is 3. The Balaban J connectivity index is 0.000000605. The second-order valence-electron chi connectivity index (χ2n) is 28.3. The third-order valence-electron chi connectivity index (χ3n) is 18.9. The molecule has 2 unspecified atom stereocenters. The number of H-pyrrole nitrogens is 1. The Bertz CT molecular complexity index is 4560. The summed E-state index contributed by atoms with van der Waals surface area (Å²) in [6.45, 7) is -0.981. The van der Waals surface area contributed by atoms with Crippen LogP contribution in [0.3, 0.4) is 0 Å². The van der Waals surface area contributed by atoms with Gasteiger partial charge in [0.05, 0.1) is 30.4 Å². The highest BCUT2D eigenvalue weighted by atomic mass is 19.4. The molecule has 5 aliphatic rings. The number of carbonyl (C=O) groups excluding carboxylic acids is 3. The average Bonchev–Trinajstić information content (AvgIpc) is 1.56. The van der Waals surface area contributed by atoms with Crippen LogP contribution >= 0.6 is 0 Å². The zero-order valence-electron chi connectivity index (χ0n) is 66.7. The Morgan fingerprint density at radius 1 is 0.470 bits per heavy atom. The van der Waals surface area contributed by atoms with Crippen LogP contribution in [-0.2, 0) is 102 Å². The van der Waals surface area contributed by atoms with Crippen molar-refractivity contribution in [2.24, 2.45) is 34.4 Å². The van der Waals surface area contributed by atoms with Crippen LogP contribution in [0, 0.1) is 0 Å². The molecule has 0 bridgehead atoms. The van der Waals surface area contributed by atoms with Gasteiger partial charge < -0.3 is 149 Å². The van der Waals surface area contributed by atoms with Gasteiger partial charge in [0.2, 0.25) is 5.91 Å². The number of carboxylic acid groups (broad SMARTS) is 6. The largest absolute Gasteiger partial charge is 0.490 e. The molecule has 736 valence electrons. The molecule has 2 aromatic heterocycles. The van der Waals surface area contributed by atoms with E-state index < -0.39 is 219 Å². The van der Waals surface area contributed by atoms with E-state index in [0.717, 1.165) is 33.2 Å². The lowest BCUT2D eigenvalue weighted by atomic mass is 9.84. The smallest absolute Gasteiger partial charge is 0.475 e. The number of nitrogens with zero attached hydrogens (tertiary/aromatic N) is 3. The molecule has 59 heteroatoms. The molecule has 11 rings (SSSR count). The Labute approximate surface area is 727 Å². The van der Waals surface area contributed by atoms with Crippen LogP contribution in [0.4, 0.5) is 83.8 Å². The van der Waals surface area contributed by atoms with Crippen molar-refractivity contribution < 1.29 is 221 Å². The van der Waals surface area contributed by atoms with Crippen LogP contribution in [0.5, 0.6) is 0 Å². The van der Waals surface area contributed by atoms with E-state index in [1.807, 2.05) is 78.9 Å². The van der Waals surface area contributed by atoms with Crippen LogP contribution in [0.25, 0.3) is 22.0 Å². The number of carbonyl (C=O) groups is 9. The first-order chi connectivity index (χ1) is 61.0. The Morgan fingerprint density at radius 2 is 0.879 bits per heavy atom. The topological polar surface area (TPSA) is 697 Å². The van der Waals surface area contributed by atoms with E-state index in [0.29, 0.717) is 11.1 Å². The predicted molar refractivity (Wildman–Crippen MR) is 399 cm³/mol. The molecule has 4 fully saturated rings. The third-order valence-corrected chi connectivity index (χ3v) is 18.9. The number of rotatable bonds is 22. The van der Waals surface area contributed by atoms with Gasteiger partial charge in [-0.2, -0.15) is 79.0 Å². The number of ether oxygens (including phenoxy) is 8. The number of para-hydroxylation sites is 1. The van der Waals surface area contributed by atoms with Crippen molar-refractivity contribution in [1.82, 2.24) is 30.6 Å². The maximum absolute atomic E-state index is 14.9. The van der Waals surface area contributed by atoms with E-state index in [9.17, 15) is 124 Å². The molecule has 41 nitrogen and oxygen atoms in total. The number of aromatic amines is 1. The number of nitrogens with two attached hydrogens (primary N) is 6. The normalized spacial score (nSPS) is 25.7. The van der Waals surface area contributed by atoms with Gasteiger partial charge in [-0.05, 0) is 45.9 Å². The van der Waals surface area contributed by atoms with Crippen molar-refractivity contribution in [3.8, 4) is 11.1 Å². The van der Waals surface area contributed by atoms with E-state index in [2.05, 4.69) is 25.9 Å². The molecule has 5 heterocycles. The van der Waals surface area contributed by atoms with E-state index in [-0.39, 0.29) is 63.7 Å². The molecule has 132 heavy (non-hydrogen) atoms. The number of hydrogen-bond acceptors (Lipinski definition) is 31. The molecule has 4 aromatic carbocycles. The molecule has 6 aromatic rings. The van der Waals surface area contributed by atoms with Crippen LogP contribution < -0.4 is 45.0 Å². The Kier molecular flexibility index (Phi) is 40.2. The first-order valence-electron chi connectivity index (χ1n) is 37.4. The minimum absolute atomic E-state index is 0.000226. The van der Waals surface area contributed by atoms with E-state index >= 15 is 0 Å². The number of esters is 1. The van der Waals surface area contributed by atoms with Gasteiger partial charge in [-0.1, -0.05) is 102 Å². The minimum atomic E-state index is -5.08. The van der Waals surface area contributed by atoms with E-state index in [1.54, 1.807) is 30.5 Å². The highest BCUT2D eigenvalue weighted by Crippen LogP contribution is 2.45. The van der Waals surface area contributed by atoms with Crippen molar-refractivity contribution in [3.05, 3.63) is 143 Å². The van der Waals surface area contributed by atoms with Crippen molar-refractivity contribution in [2.75, 3.05) is 19.7 Å². The highest BCUT2D eigenvalue weighted by Gasteiger charge is 2.56. The molecular weight excluding hydrogens is 1850 g/mol. The molecule has 0 radical (unpaired) electrons. The number of aliphatic hydroxyl groups excluding tert-OH is 6. The molecule has 3 saturated heterocycles. The predicted octanol–water partition coefficient (Wildman–Crippen LogP) is 0.606. The number of aromatic nitrogens is 4. The number of aliphatic hydroxyl groups is 6. The minimum Gasteiger partial charge on any atom is -0.475 e. The monoisotopic (exact) mass is 1930 g/mol. The van der Waals surface area contributed by atoms with Gasteiger partial charge >= 0.3 is 84.9 Å². The summed E-state index contributed by atoms with van der Waals surface area (Å²) >= 11 is 0. The second kappa shape index (κ2) is 47.8. The molecular formula is C73H84F18N12O29. The summed E-state index contributed by atoms with van der Waals surface area (Å²) in [5.41, 5.74) is 43.6. The van der Waals surface area contributed by atoms with Crippen molar-refractivity contribution in [2.45, 2.75) is 204 Å². The SMILES string of the molecule is NC[C@@H]1O[C@H](O[C@H]2[C@@H](O)[C@H](O[C@@H]3[C@@H](O)[C@H](N)C[C@H](N)[C@H]3O[C@H]3O[C@H](CN)[C@@H](O)[C@H](O)[C@H]3N)O[C@@H]2Cn2cc(CC(NC(=O)OCC3c4ccccc4-c4ccccc43)C(=O)NC(Cc3c[nH]c4ccccc34)C(=O)OCc3ccccc3)nn2)[C@H](N)[C@@H](O)[C@@H]1O.O=C(O)C(F)(F)F.O=C(O)C(F)(F)F.O=C(O)C(F)(F)F.O=C(O)C(F)(F)F.O=C(O)C(F)(F)F.O=C(O)C(F)(F)F. The van der Waals surface area contributed by atoms with E-state index in [4.69, 9.17) is 132 Å². The first-order valence-corrected chi connectivity index (χ1v) is 37.4. The Morgan fingerprint density at radius 3 is 1.33 bits per heavy atom. The fourth-order valence-corrected chi connectivity index (χ4v) is 12.5. The van der Waals surface area contributed by atoms with Gasteiger partial charge in [0, 0.05) is 67.2 Å². The number of aliphatic carboxylic acids is 6. The van der Waals surface area contributed by atoms with Gasteiger partial charge in [-0.25, -0.2) is 43.0 Å². The van der Waals surface area contributed by atoms with Gasteiger partial charge in [-0.15, -0.1) is 5.10 Å². The summed E-state index contributed by atoms with van der Waals surface area (Å²) in [5, 5.41) is 125. The van der Waals surface area contributed by atoms with Crippen LogP contribution in [0.2, 0.25) is 0 Å². The van der Waals surface area contributed by atoms with E-state index in [1.165, 1.54) is 10.9 Å². The summed E-state index contributed by atoms with van der Waals surface area (Å²) in [7, 11) is 0. The van der Waals surface area contributed by atoms with Gasteiger partial charge in [0.25, 0.3) is 0 Å². The number of hydrogen-bond donors (Lipinski definition) is 21. The average molecular weight is 1940 g/mol. The fraction of sp³-hybridized carbons (Fsp3) is 0.493. The lowest BCUT2D eigenvalue weighted by Gasteiger charge is -2.47. The standard InChI is InChI=1S/C61H78N12O17.6C2HF3O2/c62-21-42-48(75)50(77)45(66)58(85-42)88-53-38(65)20-37(64)47(74)55(53)90-60-52(79)54(89-59-46(67)51(78)49(76)43(22-63)86-59)44(87-60)25-73-24-30(71-72-73)19-40(70-61(82)84-27-36-34-15-6-4-13-32(34)33-14-5-7-16-35(33)36)56(80)69-41(57(81)83-26-28-10-2-1-3-11-28)18-29-23-68-39-17-9-8-12-31(29)39;6*3-2(4,5)1(6)7/h1-17,23-24,36-38,40-55,58-60,68,74-79H,18-22,25-27,62-67H2,(H,69,80)(H,70,82);6*(H,6,7)/t37-,38+,40?,41?,42-,43+,44-,45-,46-,47+,48-,49-,50-,51-,52-,53-,54-,55-,58-,59-,60+;;;;;;/m1....../s1. The molecule has 21 atom stereocenters. The summed E-state index contributed by atoms with van der Waals surface area (Å²) in [4.78, 5) is 99.8. The second-order valence-corrected chi connectivity index (χ2v) is 28.3. The molecule has 0 spiro atoms. The van der Waals surface area contributed by atoms with Crippen LogP contribution in [0.15, 0.2) is 116 Å². The number of alkyl carbamates (subject to hydrolysis) is 1. The number of halogens is 18. The van der Waals surface area contributed by atoms with Crippen molar-refractivity contribution in [1.29, 1.82) is 0 Å². The van der Waals surface area contributed by atoms with Gasteiger partial charge in [0.1, 0.15) is 92.4 Å². The third kappa shape index (κ3) is 32.2. The number of fused-ring (bicyclic) bond motifs is 4. The Hall–Kier alpha value is -11.4. The molecule has 2 amide bonds. The lowest BCUT2D eigenvalue weighted by molar-refractivity contribution is -0.306. The molecule has 27 N–H and O–H groups in total. The van der Waals surface area contributed by atoms with Crippen molar-refractivity contribution in [3.63, 3.8) is 0 Å². The zero-order chi connectivity index (χ0) is 100.0. The van der Waals surface area contributed by atoms with Crippen LogP contribution in [0.1, 0.15) is 40.3 Å². The maximum Gasteiger partial charge on any atom is 0.490 e. The summed E-state index contributed by atoms with van der Waals surface area (Å²) in [5.74, 6) is -18.4. The van der Waals surface area contributed by atoms with Crippen LogP contribution in [-0.4, -0.2) is 320 Å². The molecule has 1 saturated carbocycles. The molecule has 2 aliphatic carbocycles. The van der Waals surface area contributed by atoms with Gasteiger partial charge in [0.15, 0.2) is 18.9 Å². The van der Waals surface area contributed by atoms with Gasteiger partial charge in [-0.3, -0.25) is 4.79 Å². The fourth-order valence-electron chi connectivity index (χ4n) is 12.5. The quantitative estimate of drug-likeness (QED) is 0.0327. The number of amides is 2. The number of carboxylic acids is 6. The summed E-state index contributed by atoms with van der Waals surface area (Å²) in [6.07, 6.45) is -50.5. The zero-order valence-corrected chi connectivity index (χ0v) is 66.7. The van der Waals surface area contributed by atoms with Crippen molar-refractivity contribution >= 4 is 64.7 Å². The maximum atomic E-state index is 14.9. The molecule has 3 aliphatic heterocycles. The summed E-state index contributed by atoms with van der Waals surface area (Å²) < 4.78 is 241. The first kappa shape index (κ1) is 111. The lowest BCUT2D eigenvalue weighted by Crippen LogP contribution is -2.68.